The quantitative estimate of drug-likeness (QED) is 0.504. The van der Waals surface area contributed by atoms with Crippen LogP contribution in [0.4, 0.5) is 21.8 Å². The van der Waals surface area contributed by atoms with Gasteiger partial charge in [0.05, 0.1) is 28.6 Å². The maximum atomic E-state index is 13.7. The highest BCUT2D eigenvalue weighted by Gasteiger charge is 2.14. The fourth-order valence-corrected chi connectivity index (χ4v) is 2.33. The van der Waals surface area contributed by atoms with Gasteiger partial charge in [-0.15, -0.1) is 0 Å². The Morgan fingerprint density at radius 1 is 1.30 bits per heavy atom. The van der Waals surface area contributed by atoms with Gasteiger partial charge in [0.2, 0.25) is 5.95 Å². The van der Waals surface area contributed by atoms with E-state index in [1.807, 2.05) is 0 Å². The number of rotatable bonds is 3. The number of fused-ring (bicyclic) bond motifs is 1. The number of halogens is 2. The first kappa shape index (κ1) is 12.9. The Hall–Kier alpha value is -2.10. The van der Waals surface area contributed by atoms with Gasteiger partial charge in [0.1, 0.15) is 11.0 Å². The molecule has 0 aliphatic heterocycles. The van der Waals surface area contributed by atoms with Crippen molar-refractivity contribution >= 4 is 51.8 Å². The number of aromatic nitrogens is 4. The van der Waals surface area contributed by atoms with Crippen LogP contribution in [-0.2, 0) is 0 Å². The van der Waals surface area contributed by atoms with Gasteiger partial charge in [0.15, 0.2) is 11.6 Å². The van der Waals surface area contributed by atoms with Gasteiger partial charge in [-0.25, -0.2) is 15.2 Å². The van der Waals surface area contributed by atoms with E-state index in [0.29, 0.717) is 21.7 Å². The van der Waals surface area contributed by atoms with E-state index >= 15 is 0 Å². The van der Waals surface area contributed by atoms with Gasteiger partial charge < -0.3 is 5.32 Å². The summed E-state index contributed by atoms with van der Waals surface area (Å²) in [7, 11) is 0. The lowest BCUT2D eigenvalue weighted by Gasteiger charge is -2.09. The second-order valence-electron chi connectivity index (χ2n) is 3.71. The number of anilines is 3. The van der Waals surface area contributed by atoms with Crippen LogP contribution < -0.4 is 16.6 Å². The molecule has 0 saturated heterocycles. The zero-order valence-corrected chi connectivity index (χ0v) is 11.3. The summed E-state index contributed by atoms with van der Waals surface area (Å²) in [5.41, 5.74) is 3.87. The van der Waals surface area contributed by atoms with Crippen molar-refractivity contribution in [2.75, 3.05) is 10.7 Å². The maximum Gasteiger partial charge on any atom is 0.239 e. The summed E-state index contributed by atoms with van der Waals surface area (Å²) in [6.45, 7) is 0. The van der Waals surface area contributed by atoms with Crippen LogP contribution in [0.2, 0.25) is 5.02 Å². The molecule has 0 radical (unpaired) electrons. The number of hydrogen-bond donors (Lipinski definition) is 3. The summed E-state index contributed by atoms with van der Waals surface area (Å²) in [5.74, 6) is 4.57. The molecule has 2 heterocycles. The molecular weight excluding hydrogens is 305 g/mol. The number of nitrogen functional groups attached to an aromatic ring is 1. The predicted molar refractivity (Wildman–Crippen MR) is 75.5 cm³/mol. The van der Waals surface area contributed by atoms with Crippen LogP contribution >= 0.6 is 23.3 Å². The zero-order chi connectivity index (χ0) is 14.1. The van der Waals surface area contributed by atoms with Crippen LogP contribution in [-0.4, -0.2) is 18.7 Å². The van der Waals surface area contributed by atoms with Gasteiger partial charge in [-0.2, -0.15) is 13.7 Å². The van der Waals surface area contributed by atoms with E-state index in [9.17, 15) is 4.39 Å². The molecule has 0 amide bonds. The minimum Gasteiger partial charge on any atom is -0.335 e. The van der Waals surface area contributed by atoms with E-state index in [1.165, 1.54) is 0 Å². The SMILES string of the molecule is NNc1ncc(F)c(Nc2c(Cl)ccc3nsnc23)n1. The van der Waals surface area contributed by atoms with Crippen LogP contribution in [0.25, 0.3) is 11.0 Å². The average molecular weight is 312 g/mol. The number of nitrogens with zero attached hydrogens (tertiary/aromatic N) is 4. The largest absolute Gasteiger partial charge is 0.335 e. The molecule has 0 aliphatic rings. The van der Waals surface area contributed by atoms with E-state index in [0.717, 1.165) is 17.9 Å². The Labute approximate surface area is 121 Å². The Balaban J connectivity index is 2.09. The molecular formula is C10H7ClFN7S. The van der Waals surface area contributed by atoms with Crippen molar-refractivity contribution in [3.8, 4) is 0 Å². The molecule has 1 aromatic carbocycles. The summed E-state index contributed by atoms with van der Waals surface area (Å²) < 4.78 is 21.9. The smallest absolute Gasteiger partial charge is 0.239 e. The molecule has 0 fully saturated rings. The van der Waals surface area contributed by atoms with Crippen LogP contribution in [0, 0.1) is 5.82 Å². The lowest BCUT2D eigenvalue weighted by molar-refractivity contribution is 0.619. The highest BCUT2D eigenvalue weighted by atomic mass is 35.5. The third-order valence-electron chi connectivity index (χ3n) is 2.49. The zero-order valence-electron chi connectivity index (χ0n) is 9.76. The van der Waals surface area contributed by atoms with Crippen molar-refractivity contribution in [2.24, 2.45) is 5.84 Å². The van der Waals surface area contributed by atoms with Crippen molar-refractivity contribution in [2.45, 2.75) is 0 Å². The lowest BCUT2D eigenvalue weighted by atomic mass is 10.2. The number of nitrogens with one attached hydrogen (secondary N) is 2. The van der Waals surface area contributed by atoms with Crippen molar-refractivity contribution < 1.29 is 4.39 Å². The number of hydrogen-bond acceptors (Lipinski definition) is 8. The Morgan fingerprint density at radius 3 is 2.95 bits per heavy atom. The van der Waals surface area contributed by atoms with Crippen LogP contribution in [0.3, 0.4) is 0 Å². The molecule has 4 N–H and O–H groups in total. The molecule has 0 bridgehead atoms. The fraction of sp³-hybridized carbons (Fsp3) is 0. The molecule has 3 rings (SSSR count). The predicted octanol–water partition coefficient (Wildman–Crippen LogP) is 2.30. The average Bonchev–Trinajstić information content (AvgIpc) is 2.92. The fourth-order valence-electron chi connectivity index (χ4n) is 1.59. The normalized spacial score (nSPS) is 10.8. The summed E-state index contributed by atoms with van der Waals surface area (Å²) in [5, 5.41) is 3.17. The molecule has 3 aromatic rings. The molecule has 0 aliphatic carbocycles. The molecule has 0 spiro atoms. The van der Waals surface area contributed by atoms with Gasteiger partial charge >= 0.3 is 0 Å². The van der Waals surface area contributed by atoms with E-state index in [4.69, 9.17) is 17.4 Å². The van der Waals surface area contributed by atoms with Crippen molar-refractivity contribution in [1.82, 2.24) is 18.7 Å². The number of nitrogens with two attached hydrogens (primary N) is 1. The minimum atomic E-state index is -0.639. The monoisotopic (exact) mass is 311 g/mol. The number of benzene rings is 1. The van der Waals surface area contributed by atoms with E-state index in [-0.39, 0.29) is 11.8 Å². The molecule has 0 atom stereocenters. The van der Waals surface area contributed by atoms with Gasteiger partial charge in [0, 0.05) is 0 Å². The van der Waals surface area contributed by atoms with Crippen LogP contribution in [0.1, 0.15) is 0 Å². The maximum absolute atomic E-state index is 13.7. The summed E-state index contributed by atoms with van der Waals surface area (Å²) in [4.78, 5) is 7.53. The van der Waals surface area contributed by atoms with E-state index < -0.39 is 5.82 Å². The summed E-state index contributed by atoms with van der Waals surface area (Å²) in [6, 6.07) is 3.38. The Bertz CT molecular complexity index is 777. The molecule has 0 unspecified atom stereocenters. The lowest BCUT2D eigenvalue weighted by Crippen LogP contribution is -2.12. The standard InChI is InChI=1S/C10H7ClFN7S/c11-4-1-2-6-8(19-20-18-6)7(4)15-9-5(12)3-14-10(16-9)17-13/h1-3H,13H2,(H2,14,15,16,17). The Kier molecular flexibility index (Phi) is 3.30. The molecule has 7 nitrogen and oxygen atoms in total. The highest BCUT2D eigenvalue weighted by Crippen LogP contribution is 2.32. The minimum absolute atomic E-state index is 0.0599. The van der Waals surface area contributed by atoms with Gasteiger partial charge in [0.25, 0.3) is 0 Å². The molecule has 2 aromatic heterocycles. The van der Waals surface area contributed by atoms with Gasteiger partial charge in [-0.1, -0.05) is 11.6 Å². The van der Waals surface area contributed by atoms with Crippen LogP contribution in [0.5, 0.6) is 0 Å². The second kappa shape index (κ2) is 5.12. The summed E-state index contributed by atoms with van der Waals surface area (Å²) >= 11 is 7.14. The third kappa shape index (κ3) is 2.22. The van der Waals surface area contributed by atoms with Crippen molar-refractivity contribution in [3.05, 3.63) is 29.2 Å². The Morgan fingerprint density at radius 2 is 2.15 bits per heavy atom. The highest BCUT2D eigenvalue weighted by molar-refractivity contribution is 7.00. The van der Waals surface area contributed by atoms with Crippen molar-refractivity contribution in [3.63, 3.8) is 0 Å². The molecule has 20 heavy (non-hydrogen) atoms. The van der Waals surface area contributed by atoms with E-state index in [2.05, 4.69) is 29.5 Å². The molecule has 10 heteroatoms. The van der Waals surface area contributed by atoms with E-state index in [1.54, 1.807) is 12.1 Å². The molecule has 0 saturated carbocycles. The van der Waals surface area contributed by atoms with Gasteiger partial charge in [-0.3, -0.25) is 5.43 Å². The first-order chi connectivity index (χ1) is 9.69. The second-order valence-corrected chi connectivity index (χ2v) is 4.65. The number of hydrazine groups is 1. The molecule has 102 valence electrons. The first-order valence-corrected chi connectivity index (χ1v) is 6.47. The van der Waals surface area contributed by atoms with Crippen molar-refractivity contribution in [1.29, 1.82) is 0 Å². The van der Waals surface area contributed by atoms with Gasteiger partial charge in [-0.05, 0) is 12.1 Å². The van der Waals surface area contributed by atoms with Crippen LogP contribution in [0.15, 0.2) is 18.3 Å². The topological polar surface area (TPSA) is 102 Å². The summed E-state index contributed by atoms with van der Waals surface area (Å²) in [6.07, 6.45) is 0.998. The first-order valence-electron chi connectivity index (χ1n) is 5.36. The third-order valence-corrected chi connectivity index (χ3v) is 3.35.